The van der Waals surface area contributed by atoms with E-state index in [1.807, 2.05) is 6.92 Å². The number of amides is 1. The minimum Gasteiger partial charge on any atom is -0.462 e. The lowest BCUT2D eigenvalue weighted by atomic mass is 10.1. The van der Waals surface area contributed by atoms with Crippen LogP contribution in [0.15, 0.2) is 73.0 Å². The van der Waals surface area contributed by atoms with E-state index in [1.165, 1.54) is 13.0 Å². The Morgan fingerprint density at radius 3 is 2.20 bits per heavy atom. The third kappa shape index (κ3) is 13.7. The molecule has 35 heavy (non-hydrogen) atoms. The highest BCUT2D eigenvalue weighted by atomic mass is 32.2. The van der Waals surface area contributed by atoms with Gasteiger partial charge >= 0.3 is 11.9 Å². The summed E-state index contributed by atoms with van der Waals surface area (Å²) in [6.45, 7) is 14.4. The molecule has 2 rings (SSSR count). The molecular weight excluding hydrogens is 474 g/mol. The minimum absolute atomic E-state index is 0.179. The SMILES string of the molecule is C=C(C(=O)OCCCC)C(=Cc1ccccc1)S(=O)(=O)O.C=CN1CCCC1=O.C=COC(C)=O. The van der Waals surface area contributed by atoms with Crippen LogP contribution in [0.1, 0.15) is 45.1 Å². The lowest BCUT2D eigenvalue weighted by molar-refractivity contribution is -0.139. The number of rotatable bonds is 9. The van der Waals surface area contributed by atoms with Crippen LogP contribution in [0.2, 0.25) is 0 Å². The predicted octanol–water partition coefficient (Wildman–Crippen LogP) is 4.26. The van der Waals surface area contributed by atoms with Crippen molar-refractivity contribution in [2.45, 2.75) is 39.5 Å². The van der Waals surface area contributed by atoms with Gasteiger partial charge in [0, 0.05) is 19.9 Å². The molecule has 0 atom stereocenters. The second kappa shape index (κ2) is 17.0. The van der Waals surface area contributed by atoms with E-state index in [9.17, 15) is 27.4 Å². The van der Waals surface area contributed by atoms with Gasteiger partial charge in [-0.05, 0) is 30.7 Å². The molecule has 10 heteroatoms. The number of unbranched alkanes of at least 4 members (excludes halogenated alkanes) is 1. The monoisotopic (exact) mass is 507 g/mol. The molecule has 1 amide bonds. The number of nitrogens with zero attached hydrogens (tertiary/aromatic N) is 1. The Hall–Kier alpha value is -3.50. The van der Waals surface area contributed by atoms with Gasteiger partial charge in [0.05, 0.1) is 18.4 Å². The van der Waals surface area contributed by atoms with E-state index < -0.39 is 26.6 Å². The van der Waals surface area contributed by atoms with Gasteiger partial charge in [-0.3, -0.25) is 14.1 Å². The molecule has 1 aliphatic rings. The Bertz CT molecular complexity index is 1010. The second-order valence-electron chi connectivity index (χ2n) is 7.01. The molecular formula is C25H33NO8S. The molecule has 9 nitrogen and oxygen atoms in total. The summed E-state index contributed by atoms with van der Waals surface area (Å²) >= 11 is 0. The molecule has 0 aromatic heterocycles. The standard InChI is InChI=1S/C15H18O5S.C6H9NO.C4H6O2/c1-3-4-10-20-15(16)12(2)14(21(17,18)19)11-13-8-6-5-7-9-13;1-2-7-5-3-4-6(7)8;1-3-6-4(2)5/h5-9,11H,2-4,10H2,1H3,(H,17,18,19);2H,1,3-5H2;3H,1H2,2H3. The Labute approximate surface area is 207 Å². The molecule has 1 aromatic rings. The maximum atomic E-state index is 11.8. The molecule has 1 aliphatic heterocycles. The summed E-state index contributed by atoms with van der Waals surface area (Å²) in [7, 11) is -4.58. The maximum absolute atomic E-state index is 11.8. The van der Waals surface area contributed by atoms with Gasteiger partial charge in [-0.2, -0.15) is 8.42 Å². The van der Waals surface area contributed by atoms with Crippen molar-refractivity contribution in [2.24, 2.45) is 0 Å². The molecule has 0 bridgehead atoms. The van der Waals surface area contributed by atoms with E-state index >= 15 is 0 Å². The smallest absolute Gasteiger partial charge is 0.338 e. The fraction of sp³-hybridized carbons (Fsp3) is 0.320. The molecule has 0 spiro atoms. The number of hydrogen-bond donors (Lipinski definition) is 1. The van der Waals surface area contributed by atoms with Crippen molar-refractivity contribution in [3.8, 4) is 0 Å². The van der Waals surface area contributed by atoms with Crippen LogP contribution in [-0.2, 0) is 34.0 Å². The molecule has 1 N–H and O–H groups in total. The first-order valence-electron chi connectivity index (χ1n) is 10.8. The van der Waals surface area contributed by atoms with E-state index in [4.69, 9.17) is 4.74 Å². The highest BCUT2D eigenvalue weighted by Crippen LogP contribution is 2.20. The minimum atomic E-state index is -4.58. The van der Waals surface area contributed by atoms with Crippen LogP contribution >= 0.6 is 0 Å². The summed E-state index contributed by atoms with van der Waals surface area (Å²) in [5, 5.41) is 0. The zero-order chi connectivity index (χ0) is 26.9. The van der Waals surface area contributed by atoms with Gasteiger partial charge in [-0.15, -0.1) is 0 Å². The molecule has 1 fully saturated rings. The summed E-state index contributed by atoms with van der Waals surface area (Å²) < 4.78 is 41.2. The molecule has 1 saturated heterocycles. The first kappa shape index (κ1) is 31.5. The normalized spacial score (nSPS) is 12.8. The average molecular weight is 508 g/mol. The number of ether oxygens (including phenoxy) is 2. The first-order chi connectivity index (χ1) is 16.5. The summed E-state index contributed by atoms with van der Waals surface area (Å²) in [6.07, 6.45) is 7.07. The van der Waals surface area contributed by atoms with Gasteiger partial charge < -0.3 is 14.4 Å². The lowest BCUT2D eigenvalue weighted by Gasteiger charge is -2.08. The molecule has 192 valence electrons. The number of carbonyl (C=O) groups is 3. The highest BCUT2D eigenvalue weighted by molar-refractivity contribution is 7.90. The van der Waals surface area contributed by atoms with Gasteiger partial charge in [0.2, 0.25) is 5.91 Å². The van der Waals surface area contributed by atoms with Crippen molar-refractivity contribution in [1.29, 1.82) is 0 Å². The van der Waals surface area contributed by atoms with Crippen molar-refractivity contribution in [3.05, 3.63) is 78.6 Å². The molecule has 0 radical (unpaired) electrons. The van der Waals surface area contributed by atoms with Crippen LogP contribution in [0.4, 0.5) is 0 Å². The van der Waals surface area contributed by atoms with Crippen LogP contribution in [0, 0.1) is 0 Å². The summed E-state index contributed by atoms with van der Waals surface area (Å²) in [4.78, 5) is 33.3. The summed E-state index contributed by atoms with van der Waals surface area (Å²) in [5.74, 6) is -0.978. The van der Waals surface area contributed by atoms with Crippen LogP contribution in [-0.4, -0.2) is 48.9 Å². The van der Waals surface area contributed by atoms with E-state index in [0.717, 1.165) is 25.6 Å². The van der Waals surface area contributed by atoms with Crippen molar-refractivity contribution < 1.29 is 36.8 Å². The predicted molar refractivity (Wildman–Crippen MR) is 134 cm³/mol. The third-order valence-electron chi connectivity index (χ3n) is 4.23. The number of hydrogen-bond acceptors (Lipinski definition) is 7. The number of benzene rings is 1. The molecule has 0 saturated carbocycles. The number of esters is 2. The van der Waals surface area contributed by atoms with E-state index in [2.05, 4.69) is 24.5 Å². The number of carbonyl (C=O) groups excluding carboxylic acids is 3. The quantitative estimate of drug-likeness (QED) is 0.131. The topological polar surface area (TPSA) is 127 Å². The van der Waals surface area contributed by atoms with E-state index in [0.29, 0.717) is 18.4 Å². The first-order valence-corrected chi connectivity index (χ1v) is 12.2. The summed E-state index contributed by atoms with van der Waals surface area (Å²) in [6, 6.07) is 8.45. The van der Waals surface area contributed by atoms with Crippen LogP contribution in [0.3, 0.4) is 0 Å². The van der Waals surface area contributed by atoms with Crippen LogP contribution in [0.25, 0.3) is 6.08 Å². The average Bonchev–Trinajstić information content (AvgIpc) is 3.22. The highest BCUT2D eigenvalue weighted by Gasteiger charge is 2.23. The largest absolute Gasteiger partial charge is 0.462 e. The van der Waals surface area contributed by atoms with Crippen molar-refractivity contribution >= 4 is 34.0 Å². The van der Waals surface area contributed by atoms with E-state index in [1.54, 1.807) is 41.4 Å². The maximum Gasteiger partial charge on any atom is 0.338 e. The lowest BCUT2D eigenvalue weighted by Crippen LogP contribution is -2.16. The molecule has 1 aromatic carbocycles. The Balaban J connectivity index is 0.000000669. The fourth-order valence-corrected chi connectivity index (χ4v) is 3.17. The van der Waals surface area contributed by atoms with E-state index in [-0.39, 0.29) is 18.5 Å². The summed E-state index contributed by atoms with van der Waals surface area (Å²) in [5.41, 5.74) is 0.130. The second-order valence-corrected chi connectivity index (χ2v) is 8.40. The van der Waals surface area contributed by atoms with Crippen LogP contribution < -0.4 is 0 Å². The fourth-order valence-electron chi connectivity index (χ4n) is 2.49. The van der Waals surface area contributed by atoms with Gasteiger partial charge in [0.15, 0.2) is 0 Å². The van der Waals surface area contributed by atoms with Gasteiger partial charge in [0.1, 0.15) is 4.91 Å². The van der Waals surface area contributed by atoms with Crippen LogP contribution in [0.5, 0.6) is 0 Å². The van der Waals surface area contributed by atoms with Gasteiger partial charge in [0.25, 0.3) is 10.1 Å². The Morgan fingerprint density at radius 2 is 1.83 bits per heavy atom. The zero-order valence-electron chi connectivity index (χ0n) is 20.1. The number of likely N-dealkylation sites (tertiary alicyclic amines) is 1. The third-order valence-corrected chi connectivity index (χ3v) is 5.15. The van der Waals surface area contributed by atoms with Crippen molar-refractivity contribution in [3.63, 3.8) is 0 Å². The van der Waals surface area contributed by atoms with Crippen molar-refractivity contribution in [2.75, 3.05) is 13.2 Å². The molecule has 0 unspecified atom stereocenters. The van der Waals surface area contributed by atoms with Gasteiger partial charge in [-0.25, -0.2) is 4.79 Å². The molecule has 1 heterocycles. The Kier molecular flexibility index (Phi) is 15.3. The Morgan fingerprint density at radius 1 is 1.20 bits per heavy atom. The van der Waals surface area contributed by atoms with Crippen molar-refractivity contribution in [1.82, 2.24) is 4.90 Å². The molecule has 0 aliphatic carbocycles. The zero-order valence-corrected chi connectivity index (χ0v) is 21.0. The van der Waals surface area contributed by atoms with Gasteiger partial charge in [-0.1, -0.05) is 63.4 Å².